The molecule has 260 valence electrons. The smallest absolute Gasteiger partial charge is 0.319 e. The Kier molecular flexibility index (Phi) is 8.35. The van der Waals surface area contributed by atoms with Crippen LogP contribution in [0.3, 0.4) is 0 Å². The second kappa shape index (κ2) is 12.6. The van der Waals surface area contributed by atoms with E-state index in [4.69, 9.17) is 19.4 Å². The zero-order chi connectivity index (χ0) is 33.9. The summed E-state index contributed by atoms with van der Waals surface area (Å²) in [5.74, 6) is -0.787. The molecule has 2 aliphatic carbocycles. The summed E-state index contributed by atoms with van der Waals surface area (Å²) < 4.78 is 44.3. The number of aromatic hydroxyl groups is 1. The SMILES string of the molecule is CCc1c(F)ccc2cc(O)cc(-c3ncc4c(N5CCOCC(C)(O)C5)nc(OCC56CCCC5N(C5CCC5)CCC6)nc4c3F)c12. The summed E-state index contributed by atoms with van der Waals surface area (Å²) in [6.45, 7) is 6.28. The molecule has 2 aromatic carbocycles. The summed E-state index contributed by atoms with van der Waals surface area (Å²) in [5.41, 5.74) is -0.498. The zero-order valence-electron chi connectivity index (χ0n) is 28.4. The molecule has 4 aromatic rings. The molecule has 9 nitrogen and oxygen atoms in total. The first-order valence-corrected chi connectivity index (χ1v) is 17.9. The minimum Gasteiger partial charge on any atom is -0.508 e. The quantitative estimate of drug-likeness (QED) is 0.226. The number of aliphatic hydroxyl groups is 1. The van der Waals surface area contributed by atoms with Gasteiger partial charge in [-0.1, -0.05) is 25.8 Å². The van der Waals surface area contributed by atoms with Crippen LogP contribution in [0.4, 0.5) is 14.6 Å². The van der Waals surface area contributed by atoms with E-state index in [1.807, 2.05) is 11.8 Å². The van der Waals surface area contributed by atoms with Gasteiger partial charge in [0, 0.05) is 35.8 Å². The fraction of sp³-hybridized carbons (Fsp3) is 0.553. The number of halogens is 2. The molecule has 0 amide bonds. The van der Waals surface area contributed by atoms with Crippen molar-refractivity contribution in [1.82, 2.24) is 19.9 Å². The highest BCUT2D eigenvalue weighted by atomic mass is 19.1. The van der Waals surface area contributed by atoms with Crippen molar-refractivity contribution in [2.75, 3.05) is 44.4 Å². The topological polar surface area (TPSA) is 104 Å². The van der Waals surface area contributed by atoms with E-state index in [0.29, 0.717) is 65.8 Å². The van der Waals surface area contributed by atoms with Gasteiger partial charge in [-0.2, -0.15) is 9.97 Å². The van der Waals surface area contributed by atoms with Crippen LogP contribution < -0.4 is 9.64 Å². The lowest BCUT2D eigenvalue weighted by atomic mass is 9.73. The number of hydrogen-bond acceptors (Lipinski definition) is 9. The highest BCUT2D eigenvalue weighted by molar-refractivity contribution is 6.01. The Morgan fingerprint density at radius 3 is 2.69 bits per heavy atom. The van der Waals surface area contributed by atoms with Gasteiger partial charge in [-0.05, 0) is 92.9 Å². The monoisotopic (exact) mass is 673 g/mol. The summed E-state index contributed by atoms with van der Waals surface area (Å²) in [7, 11) is 0. The molecule has 49 heavy (non-hydrogen) atoms. The zero-order valence-corrected chi connectivity index (χ0v) is 28.4. The van der Waals surface area contributed by atoms with E-state index in [1.165, 1.54) is 37.6 Å². The van der Waals surface area contributed by atoms with Gasteiger partial charge in [-0.25, -0.2) is 8.78 Å². The lowest BCUT2D eigenvalue weighted by Crippen LogP contribution is -2.57. The summed E-state index contributed by atoms with van der Waals surface area (Å²) in [5, 5.41) is 23.1. The molecule has 11 heteroatoms. The van der Waals surface area contributed by atoms with Crippen molar-refractivity contribution < 1.29 is 28.5 Å². The van der Waals surface area contributed by atoms with Crippen molar-refractivity contribution in [3.63, 3.8) is 0 Å². The van der Waals surface area contributed by atoms with Crippen molar-refractivity contribution in [2.24, 2.45) is 5.41 Å². The van der Waals surface area contributed by atoms with Gasteiger partial charge in [0.25, 0.3) is 0 Å². The highest BCUT2D eigenvalue weighted by Crippen LogP contribution is 2.50. The maximum atomic E-state index is 17.0. The molecule has 0 spiro atoms. The number of likely N-dealkylation sites (tertiary alicyclic amines) is 1. The molecule has 4 fully saturated rings. The Labute approximate surface area is 285 Å². The van der Waals surface area contributed by atoms with Gasteiger partial charge in [0.15, 0.2) is 5.82 Å². The molecule has 3 unspecified atom stereocenters. The normalized spacial score (nSPS) is 26.6. The molecule has 2 aromatic heterocycles. The second-order valence-corrected chi connectivity index (χ2v) is 14.9. The van der Waals surface area contributed by atoms with Crippen LogP contribution >= 0.6 is 0 Å². The van der Waals surface area contributed by atoms with Gasteiger partial charge in [0.1, 0.15) is 34.2 Å². The summed E-state index contributed by atoms with van der Waals surface area (Å²) >= 11 is 0. The lowest BCUT2D eigenvalue weighted by Gasteiger charge is -2.51. The van der Waals surface area contributed by atoms with E-state index in [-0.39, 0.29) is 47.1 Å². The van der Waals surface area contributed by atoms with Gasteiger partial charge in [0.2, 0.25) is 0 Å². The first-order chi connectivity index (χ1) is 23.7. The number of fused-ring (bicyclic) bond motifs is 3. The number of aryl methyl sites for hydroxylation is 1. The van der Waals surface area contributed by atoms with Crippen molar-refractivity contribution in [3.05, 3.63) is 47.7 Å². The van der Waals surface area contributed by atoms with Crippen molar-refractivity contribution in [1.29, 1.82) is 0 Å². The fourth-order valence-corrected chi connectivity index (χ4v) is 9.03. The summed E-state index contributed by atoms with van der Waals surface area (Å²) in [6, 6.07) is 7.12. The number of β-amino-alcohol motifs (C(OH)–C–C–N with tert-alkyl or cyclic N) is 1. The van der Waals surface area contributed by atoms with Gasteiger partial charge in [-0.3, -0.25) is 9.88 Å². The predicted octanol–water partition coefficient (Wildman–Crippen LogP) is 6.54. The number of anilines is 1. The number of ether oxygens (including phenoxy) is 2. The number of piperidine rings is 1. The Morgan fingerprint density at radius 2 is 1.90 bits per heavy atom. The van der Waals surface area contributed by atoms with Crippen molar-refractivity contribution in [2.45, 2.75) is 89.3 Å². The minimum atomic E-state index is -1.16. The molecule has 3 atom stereocenters. The maximum absolute atomic E-state index is 17.0. The van der Waals surface area contributed by atoms with E-state index in [1.54, 1.807) is 19.1 Å². The maximum Gasteiger partial charge on any atom is 0.319 e. The van der Waals surface area contributed by atoms with Crippen LogP contribution in [0.25, 0.3) is 32.9 Å². The van der Waals surface area contributed by atoms with E-state index < -0.39 is 17.2 Å². The van der Waals surface area contributed by atoms with E-state index in [9.17, 15) is 10.2 Å². The first-order valence-electron chi connectivity index (χ1n) is 17.9. The number of benzene rings is 2. The average molecular weight is 674 g/mol. The lowest BCUT2D eigenvalue weighted by molar-refractivity contribution is -0.0399. The molecule has 4 heterocycles. The fourth-order valence-electron chi connectivity index (χ4n) is 9.03. The third kappa shape index (κ3) is 5.77. The largest absolute Gasteiger partial charge is 0.508 e. The predicted molar refractivity (Wildman–Crippen MR) is 184 cm³/mol. The molecule has 0 radical (unpaired) electrons. The molecular formula is C38H45F2N5O4. The molecular weight excluding hydrogens is 628 g/mol. The molecule has 8 rings (SSSR count). The van der Waals surface area contributed by atoms with Gasteiger partial charge < -0.3 is 24.6 Å². The number of phenols is 1. The third-order valence-electron chi connectivity index (χ3n) is 11.5. The van der Waals surface area contributed by atoms with Gasteiger partial charge in [-0.15, -0.1) is 0 Å². The van der Waals surface area contributed by atoms with E-state index in [2.05, 4.69) is 9.88 Å². The Balaban J connectivity index is 1.24. The standard InChI is InChI=1S/C38H45F2N5O4/c1-3-26-29(39)11-10-23-17-25(46)18-27(31(23)26)33-32(40)34-28(19-41-33)35(44-15-16-48-21-37(2,47)20-44)43-36(42-34)49-22-38-12-5-9-30(38)45(14-6-13-38)24-7-4-8-24/h10-11,17-19,24,30,46-47H,3-9,12-16,20-22H2,1-2H3. The van der Waals surface area contributed by atoms with Crippen LogP contribution in [-0.4, -0.2) is 87.2 Å². The van der Waals surface area contributed by atoms with Crippen LogP contribution in [-0.2, 0) is 11.2 Å². The summed E-state index contributed by atoms with van der Waals surface area (Å²) in [4.78, 5) is 18.8. The van der Waals surface area contributed by atoms with E-state index >= 15 is 8.78 Å². The average Bonchev–Trinajstić information content (AvgIpc) is 3.41. The Hall–Kier alpha value is -3.67. The van der Waals surface area contributed by atoms with Crippen molar-refractivity contribution in [3.8, 4) is 23.0 Å². The van der Waals surface area contributed by atoms with Gasteiger partial charge >= 0.3 is 6.01 Å². The number of aromatic nitrogens is 3. The first kappa shape index (κ1) is 32.5. The number of pyridine rings is 1. The molecule has 2 saturated carbocycles. The van der Waals surface area contributed by atoms with Crippen LogP contribution in [0.1, 0.15) is 70.8 Å². The highest BCUT2D eigenvalue weighted by Gasteiger charge is 2.50. The second-order valence-electron chi connectivity index (χ2n) is 14.9. The number of hydrogen-bond donors (Lipinski definition) is 2. The van der Waals surface area contributed by atoms with Crippen LogP contribution in [0.2, 0.25) is 0 Å². The number of rotatable bonds is 7. The van der Waals surface area contributed by atoms with Crippen molar-refractivity contribution >= 4 is 27.5 Å². The minimum absolute atomic E-state index is 0.00447. The molecule has 0 bridgehead atoms. The molecule has 2 N–H and O–H groups in total. The third-order valence-corrected chi connectivity index (χ3v) is 11.5. The number of phenolic OH excluding ortho intramolecular Hbond substituents is 1. The Morgan fingerprint density at radius 1 is 1.06 bits per heavy atom. The Bertz CT molecular complexity index is 1900. The molecule has 4 aliphatic rings. The number of nitrogens with zero attached hydrogens (tertiary/aromatic N) is 5. The molecule has 2 saturated heterocycles. The van der Waals surface area contributed by atoms with Crippen LogP contribution in [0, 0.1) is 17.0 Å². The van der Waals surface area contributed by atoms with Crippen LogP contribution in [0.5, 0.6) is 11.8 Å². The van der Waals surface area contributed by atoms with Crippen LogP contribution in [0.15, 0.2) is 30.5 Å². The summed E-state index contributed by atoms with van der Waals surface area (Å²) in [6.07, 6.45) is 11.3. The van der Waals surface area contributed by atoms with E-state index in [0.717, 1.165) is 38.6 Å². The molecule has 2 aliphatic heterocycles. The van der Waals surface area contributed by atoms with Gasteiger partial charge in [0.05, 0.1) is 31.8 Å².